The molecule has 0 amide bonds. The van der Waals surface area contributed by atoms with Crippen molar-refractivity contribution in [1.29, 1.82) is 0 Å². The highest BCUT2D eigenvalue weighted by Crippen LogP contribution is 2.37. The molecule has 0 aromatic heterocycles. The Bertz CT molecular complexity index is 820. The van der Waals surface area contributed by atoms with Gasteiger partial charge in [0.15, 0.2) is 8.69 Å². The molecule has 31 heavy (non-hydrogen) atoms. The van der Waals surface area contributed by atoms with Crippen molar-refractivity contribution in [2.45, 2.75) is 43.8 Å². The van der Waals surface area contributed by atoms with Gasteiger partial charge in [0.1, 0.15) is 5.75 Å². The Kier molecular flexibility index (Phi) is 10.0. The van der Waals surface area contributed by atoms with E-state index in [9.17, 15) is 22.8 Å². The molecule has 3 N–H and O–H groups in total. The van der Waals surface area contributed by atoms with Crippen LogP contribution in [0.3, 0.4) is 0 Å². The van der Waals surface area contributed by atoms with Crippen LogP contribution >= 0.6 is 8.69 Å². The van der Waals surface area contributed by atoms with Crippen molar-refractivity contribution >= 4 is 8.69 Å². The summed E-state index contributed by atoms with van der Waals surface area (Å²) in [6, 6.07) is 13.8. The highest BCUT2D eigenvalue weighted by Gasteiger charge is 2.35. The van der Waals surface area contributed by atoms with Crippen LogP contribution in [0.4, 0.5) is 13.2 Å². The van der Waals surface area contributed by atoms with Gasteiger partial charge in [0, 0.05) is 0 Å². The fourth-order valence-electron chi connectivity index (χ4n) is 3.13. The molecule has 9 heteroatoms. The lowest BCUT2D eigenvalue weighted by Crippen LogP contribution is -2.47. The van der Waals surface area contributed by atoms with Crippen LogP contribution in [0, 0.1) is 0 Å². The van der Waals surface area contributed by atoms with Gasteiger partial charge < -0.3 is 20.1 Å². The third-order valence-electron chi connectivity index (χ3n) is 4.97. The van der Waals surface area contributed by atoms with Gasteiger partial charge >= 0.3 is 6.18 Å². The monoisotopic (exact) mass is 459 g/mol. The number of hydrogen-bond donors (Lipinski definition) is 2. The molecular weight excluding hydrogens is 430 g/mol. The minimum absolute atomic E-state index is 0.126. The largest absolute Gasteiger partial charge is 0.493 e. The SMILES string of the molecule is NC(CO)(CCc1ccc(OCCCCc2ccccc2)c(C(F)(F)F)c1)CO[PH2]=O. The summed E-state index contributed by atoms with van der Waals surface area (Å²) in [6.45, 7) is -0.359. The smallest absolute Gasteiger partial charge is 0.419 e. The van der Waals surface area contributed by atoms with Crippen LogP contribution in [0.5, 0.6) is 5.75 Å². The number of aryl methyl sites for hydroxylation is 2. The van der Waals surface area contributed by atoms with Gasteiger partial charge in [-0.2, -0.15) is 13.2 Å². The normalized spacial score (nSPS) is 14.1. The molecule has 2 rings (SSSR count). The molecule has 0 bridgehead atoms. The molecule has 172 valence electrons. The van der Waals surface area contributed by atoms with Crippen molar-refractivity contribution in [3.8, 4) is 5.75 Å². The Morgan fingerprint density at radius 2 is 1.74 bits per heavy atom. The van der Waals surface area contributed by atoms with Crippen molar-refractivity contribution < 1.29 is 32.1 Å². The zero-order valence-corrected chi connectivity index (χ0v) is 18.4. The van der Waals surface area contributed by atoms with Gasteiger partial charge in [-0.25, -0.2) is 0 Å². The zero-order chi connectivity index (χ0) is 22.7. The second kappa shape index (κ2) is 12.2. The molecule has 0 heterocycles. The quantitative estimate of drug-likeness (QED) is 0.342. The molecule has 2 aromatic carbocycles. The van der Waals surface area contributed by atoms with Gasteiger partial charge in [0.25, 0.3) is 0 Å². The third-order valence-corrected chi connectivity index (χ3v) is 5.28. The number of unbranched alkanes of at least 4 members (excludes halogenated alkanes) is 1. The van der Waals surface area contributed by atoms with Crippen LogP contribution in [-0.4, -0.2) is 30.5 Å². The first-order chi connectivity index (χ1) is 14.8. The maximum Gasteiger partial charge on any atom is 0.419 e. The summed E-state index contributed by atoms with van der Waals surface area (Å²) in [5.41, 5.74) is 5.58. The molecular formula is C22H29F3NO4P. The first kappa shape index (κ1) is 25.4. The van der Waals surface area contributed by atoms with E-state index >= 15 is 0 Å². The van der Waals surface area contributed by atoms with Crippen LogP contribution in [0.2, 0.25) is 0 Å². The van der Waals surface area contributed by atoms with E-state index in [2.05, 4.69) is 0 Å². The third kappa shape index (κ3) is 8.65. The van der Waals surface area contributed by atoms with Crippen molar-refractivity contribution in [3.05, 3.63) is 65.2 Å². The molecule has 5 nitrogen and oxygen atoms in total. The number of rotatable bonds is 13. The Balaban J connectivity index is 1.95. The van der Waals surface area contributed by atoms with Crippen molar-refractivity contribution in [3.63, 3.8) is 0 Å². The summed E-state index contributed by atoms with van der Waals surface area (Å²) in [4.78, 5) is 0. The number of halogens is 3. The molecule has 0 aliphatic rings. The summed E-state index contributed by atoms with van der Waals surface area (Å²) in [6.07, 6.45) is -1.87. The minimum Gasteiger partial charge on any atom is -0.493 e. The van der Waals surface area contributed by atoms with Gasteiger partial charge in [-0.15, -0.1) is 0 Å². The zero-order valence-electron chi connectivity index (χ0n) is 17.2. The van der Waals surface area contributed by atoms with Gasteiger partial charge in [-0.1, -0.05) is 36.4 Å². The molecule has 0 fully saturated rings. The number of ether oxygens (including phenoxy) is 1. The van der Waals surface area contributed by atoms with E-state index in [1.807, 2.05) is 30.3 Å². The average Bonchev–Trinajstić information content (AvgIpc) is 2.76. The first-order valence-electron chi connectivity index (χ1n) is 10.1. The lowest BCUT2D eigenvalue weighted by molar-refractivity contribution is -0.139. The lowest BCUT2D eigenvalue weighted by Gasteiger charge is -2.26. The Labute approximate surface area is 181 Å². The number of alkyl halides is 3. The van der Waals surface area contributed by atoms with E-state index in [0.717, 1.165) is 18.9 Å². The van der Waals surface area contributed by atoms with Crippen molar-refractivity contribution in [2.24, 2.45) is 5.73 Å². The summed E-state index contributed by atoms with van der Waals surface area (Å²) in [5, 5.41) is 9.43. The van der Waals surface area contributed by atoms with E-state index in [-0.39, 0.29) is 31.8 Å². The molecule has 0 aliphatic carbocycles. The predicted molar refractivity (Wildman–Crippen MR) is 115 cm³/mol. The molecule has 0 saturated carbocycles. The lowest BCUT2D eigenvalue weighted by atomic mass is 9.93. The molecule has 0 aliphatic heterocycles. The van der Waals surface area contributed by atoms with Crippen LogP contribution in [0.15, 0.2) is 48.5 Å². The number of aliphatic hydroxyl groups is 1. The highest BCUT2D eigenvalue weighted by atomic mass is 31.1. The van der Waals surface area contributed by atoms with E-state index in [1.165, 1.54) is 11.6 Å². The average molecular weight is 459 g/mol. The number of aliphatic hydroxyl groups excluding tert-OH is 1. The Morgan fingerprint density at radius 3 is 2.39 bits per heavy atom. The predicted octanol–water partition coefficient (Wildman–Crippen LogP) is 4.42. The van der Waals surface area contributed by atoms with E-state index < -0.39 is 32.6 Å². The maximum absolute atomic E-state index is 13.5. The highest BCUT2D eigenvalue weighted by molar-refractivity contribution is 7.17. The van der Waals surface area contributed by atoms with Crippen molar-refractivity contribution in [2.75, 3.05) is 19.8 Å². The van der Waals surface area contributed by atoms with Gasteiger partial charge in [0.2, 0.25) is 0 Å². The van der Waals surface area contributed by atoms with Crippen LogP contribution in [0.25, 0.3) is 0 Å². The fraction of sp³-hybridized carbons (Fsp3) is 0.455. The van der Waals surface area contributed by atoms with Gasteiger partial charge in [0.05, 0.1) is 30.9 Å². The minimum atomic E-state index is -4.55. The molecule has 0 spiro atoms. The van der Waals surface area contributed by atoms with Crippen LogP contribution in [0.1, 0.15) is 36.0 Å². The van der Waals surface area contributed by atoms with Crippen LogP contribution in [-0.2, 0) is 28.1 Å². The fourth-order valence-corrected chi connectivity index (χ4v) is 3.53. The molecule has 0 radical (unpaired) electrons. The maximum atomic E-state index is 13.5. The topological polar surface area (TPSA) is 81.8 Å². The molecule has 2 atom stereocenters. The molecule has 2 aromatic rings. The number of nitrogens with two attached hydrogens (primary N) is 1. The number of hydrogen-bond acceptors (Lipinski definition) is 5. The Hall–Kier alpha value is -1.86. The molecule has 2 unspecified atom stereocenters. The van der Waals surface area contributed by atoms with E-state index in [0.29, 0.717) is 12.0 Å². The summed E-state index contributed by atoms with van der Waals surface area (Å²) < 4.78 is 61.4. The van der Waals surface area contributed by atoms with Gasteiger partial charge in [-0.05, 0) is 55.4 Å². The second-order valence-corrected chi connectivity index (χ2v) is 8.07. The van der Waals surface area contributed by atoms with E-state index in [4.69, 9.17) is 15.0 Å². The first-order valence-corrected chi connectivity index (χ1v) is 11.0. The van der Waals surface area contributed by atoms with E-state index in [1.54, 1.807) is 6.07 Å². The summed E-state index contributed by atoms with van der Waals surface area (Å²) >= 11 is 0. The number of benzene rings is 2. The second-order valence-electron chi connectivity index (χ2n) is 7.55. The Morgan fingerprint density at radius 1 is 1.00 bits per heavy atom. The summed E-state index contributed by atoms with van der Waals surface area (Å²) in [7, 11) is -1.47. The van der Waals surface area contributed by atoms with Gasteiger partial charge in [-0.3, -0.25) is 4.57 Å². The standard InChI is InChI=1S/C22H29F3NO4P/c23-22(24,25)19-14-18(11-12-21(26,15-27)16-30-31-28)9-10-20(19)29-13-5-4-8-17-6-2-1-3-7-17/h1-3,6-7,9-10,14,27H,4-5,8,11-13,15-16,26,31H2. The molecule has 0 saturated heterocycles. The van der Waals surface area contributed by atoms with Crippen molar-refractivity contribution in [1.82, 2.24) is 0 Å². The summed E-state index contributed by atoms with van der Waals surface area (Å²) in [5.74, 6) is -0.199. The van der Waals surface area contributed by atoms with Crippen LogP contribution < -0.4 is 10.5 Å².